The van der Waals surface area contributed by atoms with Gasteiger partial charge in [-0.1, -0.05) is 6.92 Å². The number of nitrogen functional groups attached to an aromatic ring is 1. The molecule has 0 bridgehead atoms. The minimum absolute atomic E-state index is 0.0433. The SMILES string of the molecule is CCc1nccn1-c1cc(C(=N)N)ccn1. The summed E-state index contributed by atoms with van der Waals surface area (Å²) >= 11 is 0. The quantitative estimate of drug-likeness (QED) is 0.594. The largest absolute Gasteiger partial charge is 0.384 e. The molecule has 0 atom stereocenters. The fraction of sp³-hybridized carbons (Fsp3) is 0.182. The summed E-state index contributed by atoms with van der Waals surface area (Å²) in [5.41, 5.74) is 6.10. The van der Waals surface area contributed by atoms with Gasteiger partial charge in [-0.25, -0.2) is 9.97 Å². The Hall–Kier alpha value is -2.17. The summed E-state index contributed by atoms with van der Waals surface area (Å²) in [7, 11) is 0. The number of aromatic nitrogens is 3. The van der Waals surface area contributed by atoms with Crippen LogP contribution in [-0.4, -0.2) is 20.4 Å². The van der Waals surface area contributed by atoms with Crippen molar-refractivity contribution in [1.29, 1.82) is 5.41 Å². The zero-order valence-electron chi connectivity index (χ0n) is 9.01. The highest BCUT2D eigenvalue weighted by Gasteiger charge is 2.05. The Kier molecular flexibility index (Phi) is 2.68. The predicted octanol–water partition coefficient (Wildman–Crippen LogP) is 1.11. The van der Waals surface area contributed by atoms with Crippen LogP contribution in [0.25, 0.3) is 5.82 Å². The summed E-state index contributed by atoms with van der Waals surface area (Å²) in [4.78, 5) is 8.47. The summed E-state index contributed by atoms with van der Waals surface area (Å²) in [6.07, 6.45) is 6.07. The molecule has 2 aromatic rings. The van der Waals surface area contributed by atoms with Crippen molar-refractivity contribution in [2.45, 2.75) is 13.3 Å². The van der Waals surface area contributed by atoms with Gasteiger partial charge in [-0.15, -0.1) is 0 Å². The molecule has 82 valence electrons. The van der Waals surface area contributed by atoms with E-state index in [2.05, 4.69) is 9.97 Å². The summed E-state index contributed by atoms with van der Waals surface area (Å²) in [5, 5.41) is 7.38. The molecule has 0 saturated carbocycles. The van der Waals surface area contributed by atoms with E-state index in [4.69, 9.17) is 11.1 Å². The van der Waals surface area contributed by atoms with Crippen LogP contribution in [-0.2, 0) is 6.42 Å². The third kappa shape index (κ3) is 1.79. The van der Waals surface area contributed by atoms with Gasteiger partial charge in [-0.2, -0.15) is 0 Å². The Labute approximate surface area is 93.5 Å². The lowest BCUT2D eigenvalue weighted by molar-refractivity contribution is 0.867. The minimum Gasteiger partial charge on any atom is -0.384 e. The first-order valence-electron chi connectivity index (χ1n) is 5.05. The van der Waals surface area contributed by atoms with Crippen LogP contribution in [0.2, 0.25) is 0 Å². The van der Waals surface area contributed by atoms with Crippen molar-refractivity contribution in [3.8, 4) is 5.82 Å². The minimum atomic E-state index is 0.0433. The highest BCUT2D eigenvalue weighted by atomic mass is 15.1. The predicted molar refractivity (Wildman–Crippen MR) is 61.8 cm³/mol. The van der Waals surface area contributed by atoms with E-state index in [1.54, 1.807) is 24.5 Å². The van der Waals surface area contributed by atoms with Gasteiger partial charge in [0.1, 0.15) is 17.5 Å². The molecule has 2 heterocycles. The molecule has 0 aromatic carbocycles. The standard InChI is InChI=1S/C11H13N5/c1-2-9-15-5-6-16(9)10-7-8(11(12)13)3-4-14-10/h3-7H,2H2,1H3,(H3,12,13). The number of aryl methyl sites for hydroxylation is 1. The molecular weight excluding hydrogens is 202 g/mol. The molecule has 0 unspecified atom stereocenters. The second-order valence-corrected chi connectivity index (χ2v) is 3.38. The average Bonchev–Trinajstić information content (AvgIpc) is 2.77. The van der Waals surface area contributed by atoms with Crippen LogP contribution in [0.5, 0.6) is 0 Å². The van der Waals surface area contributed by atoms with E-state index < -0.39 is 0 Å². The molecule has 0 aliphatic rings. The summed E-state index contributed by atoms with van der Waals surface area (Å²) in [5.74, 6) is 1.72. The van der Waals surface area contributed by atoms with Crippen LogP contribution < -0.4 is 5.73 Å². The Balaban J connectivity index is 2.48. The maximum Gasteiger partial charge on any atom is 0.138 e. The Morgan fingerprint density at radius 3 is 2.94 bits per heavy atom. The van der Waals surface area contributed by atoms with Crippen molar-refractivity contribution < 1.29 is 0 Å². The lowest BCUT2D eigenvalue weighted by Crippen LogP contribution is -2.12. The zero-order chi connectivity index (χ0) is 11.5. The van der Waals surface area contributed by atoms with Gasteiger partial charge in [-0.3, -0.25) is 9.98 Å². The molecule has 16 heavy (non-hydrogen) atoms. The normalized spacial score (nSPS) is 10.3. The zero-order valence-corrected chi connectivity index (χ0v) is 9.01. The molecule has 3 N–H and O–H groups in total. The first-order chi connectivity index (χ1) is 7.72. The van der Waals surface area contributed by atoms with E-state index in [1.807, 2.05) is 17.7 Å². The molecule has 5 heteroatoms. The Morgan fingerprint density at radius 2 is 2.25 bits per heavy atom. The van der Waals surface area contributed by atoms with Gasteiger partial charge >= 0.3 is 0 Å². The van der Waals surface area contributed by atoms with Gasteiger partial charge in [0.05, 0.1) is 0 Å². The van der Waals surface area contributed by atoms with Gasteiger partial charge in [0.2, 0.25) is 0 Å². The number of nitrogens with one attached hydrogen (secondary N) is 1. The summed E-state index contributed by atoms with van der Waals surface area (Å²) < 4.78 is 1.90. The first-order valence-corrected chi connectivity index (χ1v) is 5.05. The van der Waals surface area contributed by atoms with E-state index >= 15 is 0 Å². The third-order valence-corrected chi connectivity index (χ3v) is 2.34. The second-order valence-electron chi connectivity index (χ2n) is 3.38. The van der Waals surface area contributed by atoms with Crippen molar-refractivity contribution in [3.63, 3.8) is 0 Å². The number of imidazole rings is 1. The fourth-order valence-corrected chi connectivity index (χ4v) is 1.52. The van der Waals surface area contributed by atoms with Gasteiger partial charge in [-0.05, 0) is 12.1 Å². The van der Waals surface area contributed by atoms with Gasteiger partial charge in [0, 0.05) is 30.6 Å². The molecule has 2 aromatic heterocycles. The maximum atomic E-state index is 7.38. The van der Waals surface area contributed by atoms with Crippen LogP contribution in [0.4, 0.5) is 0 Å². The molecular formula is C11H13N5. The number of pyridine rings is 1. The van der Waals surface area contributed by atoms with E-state index in [9.17, 15) is 0 Å². The van der Waals surface area contributed by atoms with Gasteiger partial charge in [0.25, 0.3) is 0 Å². The molecule has 0 aliphatic heterocycles. The monoisotopic (exact) mass is 215 g/mol. The number of hydrogen-bond donors (Lipinski definition) is 2. The van der Waals surface area contributed by atoms with Crippen LogP contribution in [0, 0.1) is 5.41 Å². The number of nitrogens with two attached hydrogens (primary N) is 1. The van der Waals surface area contributed by atoms with Crippen LogP contribution in [0.3, 0.4) is 0 Å². The molecule has 2 rings (SSSR count). The average molecular weight is 215 g/mol. The number of nitrogens with zero attached hydrogens (tertiary/aromatic N) is 3. The van der Waals surface area contributed by atoms with Crippen molar-refractivity contribution in [1.82, 2.24) is 14.5 Å². The number of amidine groups is 1. The molecule has 0 saturated heterocycles. The van der Waals surface area contributed by atoms with E-state index in [0.717, 1.165) is 18.1 Å². The van der Waals surface area contributed by atoms with Crippen molar-refractivity contribution >= 4 is 5.84 Å². The number of rotatable bonds is 3. The van der Waals surface area contributed by atoms with Crippen LogP contribution in [0.1, 0.15) is 18.3 Å². The van der Waals surface area contributed by atoms with Crippen LogP contribution >= 0.6 is 0 Å². The molecule has 0 aliphatic carbocycles. The Morgan fingerprint density at radius 1 is 1.44 bits per heavy atom. The molecule has 0 fully saturated rings. The summed E-state index contributed by atoms with van der Waals surface area (Å²) in [6.45, 7) is 2.04. The van der Waals surface area contributed by atoms with Crippen molar-refractivity contribution in [2.75, 3.05) is 0 Å². The molecule has 0 radical (unpaired) electrons. The molecule has 0 spiro atoms. The lowest BCUT2D eigenvalue weighted by Gasteiger charge is -2.06. The molecule has 0 amide bonds. The molecule has 5 nitrogen and oxygen atoms in total. The van der Waals surface area contributed by atoms with Crippen LogP contribution in [0.15, 0.2) is 30.7 Å². The highest BCUT2D eigenvalue weighted by Crippen LogP contribution is 2.10. The van der Waals surface area contributed by atoms with Crippen molar-refractivity contribution in [3.05, 3.63) is 42.1 Å². The highest BCUT2D eigenvalue weighted by molar-refractivity contribution is 5.95. The van der Waals surface area contributed by atoms with E-state index in [1.165, 1.54) is 0 Å². The third-order valence-electron chi connectivity index (χ3n) is 2.34. The van der Waals surface area contributed by atoms with Crippen molar-refractivity contribution in [2.24, 2.45) is 5.73 Å². The van der Waals surface area contributed by atoms with E-state index in [0.29, 0.717) is 5.56 Å². The summed E-state index contributed by atoms with van der Waals surface area (Å²) in [6, 6.07) is 3.50. The first kappa shape index (κ1) is 10.4. The fourth-order valence-electron chi connectivity index (χ4n) is 1.52. The van der Waals surface area contributed by atoms with E-state index in [-0.39, 0.29) is 5.84 Å². The second kappa shape index (κ2) is 4.14. The number of hydrogen-bond acceptors (Lipinski definition) is 3. The van der Waals surface area contributed by atoms with Gasteiger partial charge in [0.15, 0.2) is 0 Å². The topological polar surface area (TPSA) is 80.6 Å². The smallest absolute Gasteiger partial charge is 0.138 e. The maximum absolute atomic E-state index is 7.38. The Bertz CT molecular complexity index is 515. The van der Waals surface area contributed by atoms with Gasteiger partial charge < -0.3 is 5.73 Å². The lowest BCUT2D eigenvalue weighted by atomic mass is 10.2.